The molecule has 2 saturated carbocycles. The van der Waals surface area contributed by atoms with E-state index in [0.29, 0.717) is 29.8 Å². The number of benzene rings is 1. The molecule has 9 nitrogen and oxygen atoms in total. The van der Waals surface area contributed by atoms with Crippen LogP contribution in [0.15, 0.2) is 36.8 Å². The first kappa shape index (κ1) is 23.4. The molecule has 36 heavy (non-hydrogen) atoms. The molecule has 0 bridgehead atoms. The van der Waals surface area contributed by atoms with Crippen LogP contribution in [0.1, 0.15) is 43.1 Å². The van der Waals surface area contributed by atoms with Crippen LogP contribution in [0, 0.1) is 18.8 Å². The van der Waals surface area contributed by atoms with Gasteiger partial charge in [0.15, 0.2) is 0 Å². The number of anilines is 1. The molecule has 0 amide bonds. The SMILES string of the molecule is Cc1ccc2[nH]c(CC[C@H]3C[C@@H](N(C)C[C@H]4C[C@@H](n5ccc6c(N)ncnc65)[C@H](O)[C@@H]4O)C3)nc2c1. The Hall–Kier alpha value is -3.01. The number of hydrogen-bond acceptors (Lipinski definition) is 7. The summed E-state index contributed by atoms with van der Waals surface area (Å²) >= 11 is 0. The van der Waals surface area contributed by atoms with E-state index in [1.165, 1.54) is 24.7 Å². The predicted molar refractivity (Wildman–Crippen MR) is 139 cm³/mol. The molecule has 2 aliphatic rings. The number of H-pyrrole nitrogens is 1. The lowest BCUT2D eigenvalue weighted by Gasteiger charge is -2.42. The highest BCUT2D eigenvalue weighted by molar-refractivity contribution is 5.86. The number of nitrogens with two attached hydrogens (primary N) is 1. The van der Waals surface area contributed by atoms with E-state index < -0.39 is 12.2 Å². The van der Waals surface area contributed by atoms with Crippen molar-refractivity contribution < 1.29 is 10.2 Å². The van der Waals surface area contributed by atoms with Gasteiger partial charge in [0.05, 0.1) is 28.6 Å². The highest BCUT2D eigenvalue weighted by Gasteiger charge is 2.44. The van der Waals surface area contributed by atoms with Crippen molar-refractivity contribution in [3.63, 3.8) is 0 Å². The van der Waals surface area contributed by atoms with E-state index in [0.717, 1.165) is 41.6 Å². The topological polar surface area (TPSA) is 129 Å². The zero-order valence-electron chi connectivity index (χ0n) is 20.9. The number of nitrogen functional groups attached to an aromatic ring is 1. The van der Waals surface area contributed by atoms with Gasteiger partial charge in [0.25, 0.3) is 0 Å². The first-order valence-electron chi connectivity index (χ1n) is 13.0. The van der Waals surface area contributed by atoms with E-state index in [1.807, 2.05) is 16.8 Å². The van der Waals surface area contributed by atoms with Gasteiger partial charge in [0.2, 0.25) is 0 Å². The molecule has 0 aliphatic heterocycles. The van der Waals surface area contributed by atoms with Gasteiger partial charge in [0, 0.05) is 31.1 Å². The minimum atomic E-state index is -0.836. The maximum absolute atomic E-state index is 10.9. The Bertz CT molecular complexity index is 1380. The second-order valence-electron chi connectivity index (χ2n) is 10.9. The van der Waals surface area contributed by atoms with Crippen LogP contribution in [0.3, 0.4) is 0 Å². The van der Waals surface area contributed by atoms with Crippen LogP contribution < -0.4 is 5.73 Å². The van der Waals surface area contributed by atoms with Crippen molar-refractivity contribution in [1.82, 2.24) is 29.4 Å². The smallest absolute Gasteiger partial charge is 0.145 e. The maximum atomic E-state index is 10.9. The summed E-state index contributed by atoms with van der Waals surface area (Å²) in [5.74, 6) is 2.21. The highest BCUT2D eigenvalue weighted by Crippen LogP contribution is 2.40. The summed E-state index contributed by atoms with van der Waals surface area (Å²) in [6.45, 7) is 2.86. The van der Waals surface area contributed by atoms with E-state index in [-0.39, 0.29) is 12.0 Å². The largest absolute Gasteiger partial charge is 0.390 e. The number of fused-ring (bicyclic) bond motifs is 2. The molecule has 1 aromatic carbocycles. The van der Waals surface area contributed by atoms with Gasteiger partial charge in [-0.05, 0) is 69.3 Å². The third kappa shape index (κ3) is 4.15. The second-order valence-corrected chi connectivity index (χ2v) is 10.9. The lowest BCUT2D eigenvalue weighted by molar-refractivity contribution is -0.00658. The quantitative estimate of drug-likeness (QED) is 0.314. The fourth-order valence-corrected chi connectivity index (χ4v) is 6.26. The summed E-state index contributed by atoms with van der Waals surface area (Å²) in [7, 11) is 2.15. The Kier molecular flexibility index (Phi) is 5.94. The molecule has 0 unspecified atom stereocenters. The van der Waals surface area contributed by atoms with Gasteiger partial charge in [-0.15, -0.1) is 0 Å². The number of aliphatic hydroxyl groups is 2. The standard InChI is InChI=1S/C27H35N7O2/c1-15-3-5-20-21(9-15)32-23(31-20)6-4-16-10-18(11-16)33(2)13-17-12-22(25(36)24(17)35)34-8-7-19-26(28)29-14-30-27(19)34/h3,5,7-9,14,16-18,22,24-25,35-36H,4,6,10-13H2,1-2H3,(H,31,32)(H2,28,29,30)/t16-,17-,18+,22-,24-,25+/m1/s1. The first-order chi connectivity index (χ1) is 17.4. The molecule has 3 heterocycles. The van der Waals surface area contributed by atoms with Crippen molar-refractivity contribution in [2.24, 2.45) is 11.8 Å². The minimum Gasteiger partial charge on any atom is -0.390 e. The summed E-state index contributed by atoms with van der Waals surface area (Å²) in [5, 5.41) is 22.5. The molecule has 0 spiro atoms. The van der Waals surface area contributed by atoms with Gasteiger partial charge < -0.3 is 30.4 Å². The average molecular weight is 490 g/mol. The number of nitrogens with one attached hydrogen (secondary N) is 1. The summed E-state index contributed by atoms with van der Waals surface area (Å²) in [4.78, 5) is 19.0. The van der Waals surface area contributed by atoms with Crippen molar-refractivity contribution in [2.75, 3.05) is 19.3 Å². The van der Waals surface area contributed by atoms with Gasteiger partial charge in [-0.3, -0.25) is 0 Å². The molecule has 6 rings (SSSR count). The Balaban J connectivity index is 1.02. The molecular formula is C27H35N7O2. The monoisotopic (exact) mass is 489 g/mol. The number of imidazole rings is 1. The summed E-state index contributed by atoms with van der Waals surface area (Å²) in [5.41, 5.74) is 10.1. The third-order valence-corrected chi connectivity index (χ3v) is 8.50. The summed E-state index contributed by atoms with van der Waals surface area (Å²) in [6.07, 6.45) is 6.89. The van der Waals surface area contributed by atoms with Crippen molar-refractivity contribution in [2.45, 2.75) is 63.3 Å². The van der Waals surface area contributed by atoms with Crippen LogP contribution in [0.5, 0.6) is 0 Å². The minimum absolute atomic E-state index is 0.00434. The molecule has 4 aromatic rings. The molecule has 0 saturated heterocycles. The van der Waals surface area contributed by atoms with Crippen LogP contribution in [0.4, 0.5) is 5.82 Å². The van der Waals surface area contributed by atoms with Crippen LogP contribution >= 0.6 is 0 Å². The normalized spacial score (nSPS) is 28.4. The van der Waals surface area contributed by atoms with E-state index in [4.69, 9.17) is 10.7 Å². The average Bonchev–Trinajstić information content (AvgIpc) is 3.50. The van der Waals surface area contributed by atoms with Crippen molar-refractivity contribution in [3.8, 4) is 0 Å². The van der Waals surface area contributed by atoms with E-state index in [9.17, 15) is 10.2 Å². The lowest BCUT2D eigenvalue weighted by Crippen LogP contribution is -2.46. The van der Waals surface area contributed by atoms with Gasteiger partial charge in [-0.25, -0.2) is 15.0 Å². The van der Waals surface area contributed by atoms with Crippen molar-refractivity contribution >= 4 is 27.9 Å². The molecule has 9 heteroatoms. The Morgan fingerprint density at radius 1 is 1.14 bits per heavy atom. The van der Waals surface area contributed by atoms with Crippen molar-refractivity contribution in [1.29, 1.82) is 0 Å². The number of nitrogens with zero attached hydrogens (tertiary/aromatic N) is 5. The van der Waals surface area contributed by atoms with Gasteiger partial charge in [-0.2, -0.15) is 0 Å². The van der Waals surface area contributed by atoms with Gasteiger partial charge in [0.1, 0.15) is 29.7 Å². The number of hydrogen-bond donors (Lipinski definition) is 4. The zero-order valence-corrected chi connectivity index (χ0v) is 20.9. The maximum Gasteiger partial charge on any atom is 0.145 e. The molecule has 5 N–H and O–H groups in total. The van der Waals surface area contributed by atoms with Crippen LogP contribution in [0.2, 0.25) is 0 Å². The van der Waals surface area contributed by atoms with Crippen LogP contribution in [-0.2, 0) is 6.42 Å². The van der Waals surface area contributed by atoms with Crippen molar-refractivity contribution in [3.05, 3.63) is 48.2 Å². The number of aromatic amines is 1. The first-order valence-corrected chi connectivity index (χ1v) is 13.0. The molecule has 2 fully saturated rings. The zero-order chi connectivity index (χ0) is 25.0. The molecular weight excluding hydrogens is 454 g/mol. The highest BCUT2D eigenvalue weighted by atomic mass is 16.3. The summed E-state index contributed by atoms with van der Waals surface area (Å²) in [6, 6.07) is 8.53. The Labute approximate surface area is 210 Å². The molecule has 3 aromatic heterocycles. The second kappa shape index (κ2) is 9.14. The predicted octanol–water partition coefficient (Wildman–Crippen LogP) is 2.82. The lowest BCUT2D eigenvalue weighted by atomic mass is 9.76. The van der Waals surface area contributed by atoms with E-state index >= 15 is 0 Å². The molecule has 4 atom stereocenters. The number of rotatable bonds is 7. The van der Waals surface area contributed by atoms with Crippen LogP contribution in [-0.4, -0.2) is 71.5 Å². The van der Waals surface area contributed by atoms with Crippen LogP contribution in [0.25, 0.3) is 22.1 Å². The molecule has 2 aliphatic carbocycles. The molecule has 190 valence electrons. The van der Waals surface area contributed by atoms with Gasteiger partial charge >= 0.3 is 0 Å². The molecule has 0 radical (unpaired) electrons. The summed E-state index contributed by atoms with van der Waals surface area (Å²) < 4.78 is 1.94. The van der Waals surface area contributed by atoms with E-state index in [2.05, 4.69) is 52.0 Å². The third-order valence-electron chi connectivity index (χ3n) is 8.50. The fraction of sp³-hybridized carbons (Fsp3) is 0.519. The fourth-order valence-electron chi connectivity index (χ4n) is 6.26. The van der Waals surface area contributed by atoms with E-state index in [1.54, 1.807) is 0 Å². The van der Waals surface area contributed by atoms with Gasteiger partial charge in [-0.1, -0.05) is 6.07 Å². The Morgan fingerprint density at radius 3 is 2.81 bits per heavy atom. The number of aromatic nitrogens is 5. The Morgan fingerprint density at radius 2 is 1.97 bits per heavy atom. The number of aliphatic hydroxyl groups excluding tert-OH is 2. The number of aryl methyl sites for hydroxylation is 2.